The molecule has 0 aliphatic rings. The third-order valence-electron chi connectivity index (χ3n) is 3.30. The number of aromatic nitrogens is 3. The summed E-state index contributed by atoms with van der Waals surface area (Å²) in [7, 11) is 0. The van der Waals surface area contributed by atoms with E-state index in [0.29, 0.717) is 12.8 Å². The largest absolute Gasteiger partial charge is 0.299 e. The van der Waals surface area contributed by atoms with E-state index in [1.807, 2.05) is 4.68 Å². The van der Waals surface area contributed by atoms with Gasteiger partial charge in [-0.1, -0.05) is 39.0 Å². The molecule has 0 spiro atoms. The summed E-state index contributed by atoms with van der Waals surface area (Å²) in [4.78, 5) is 16.1. The topological polar surface area (TPSA) is 47.8 Å². The van der Waals surface area contributed by atoms with Gasteiger partial charge in [0.2, 0.25) is 0 Å². The lowest BCUT2D eigenvalue weighted by Crippen LogP contribution is -2.12. The molecule has 1 heterocycles. The van der Waals surface area contributed by atoms with Crippen molar-refractivity contribution in [2.24, 2.45) is 0 Å². The van der Waals surface area contributed by atoms with E-state index < -0.39 is 0 Å². The molecule has 1 aromatic heterocycles. The number of carbonyl (C=O) groups is 1. The summed E-state index contributed by atoms with van der Waals surface area (Å²) in [6.07, 6.45) is 9.95. The van der Waals surface area contributed by atoms with Crippen molar-refractivity contribution in [3.05, 3.63) is 12.2 Å². The van der Waals surface area contributed by atoms with Crippen LogP contribution in [0.15, 0.2) is 6.33 Å². The Morgan fingerprint density at radius 2 is 1.89 bits per heavy atom. The summed E-state index contributed by atoms with van der Waals surface area (Å²) in [6.45, 7) is 6.32. The van der Waals surface area contributed by atoms with Crippen LogP contribution in [-0.4, -0.2) is 20.5 Å². The summed E-state index contributed by atoms with van der Waals surface area (Å²) in [5.41, 5.74) is 0. The molecule has 0 amide bonds. The molecule has 4 heteroatoms. The number of carbonyl (C=O) groups excluding carboxylic acids is 1. The van der Waals surface area contributed by atoms with Gasteiger partial charge >= 0.3 is 0 Å². The fourth-order valence-electron chi connectivity index (χ4n) is 2.20. The van der Waals surface area contributed by atoms with Crippen molar-refractivity contribution in [1.29, 1.82) is 0 Å². The minimum absolute atomic E-state index is 0.263. The third-order valence-corrected chi connectivity index (χ3v) is 3.30. The summed E-state index contributed by atoms with van der Waals surface area (Å²) < 4.78 is 1.83. The molecule has 4 nitrogen and oxygen atoms in total. The second-order valence-electron chi connectivity index (χ2n) is 5.45. The lowest BCUT2D eigenvalue weighted by atomic mass is 10.1. The molecule has 0 bridgehead atoms. The molecule has 0 saturated heterocycles. The lowest BCUT2D eigenvalue weighted by molar-refractivity contribution is -0.118. The monoisotopic (exact) mass is 265 g/mol. The highest BCUT2D eigenvalue weighted by molar-refractivity contribution is 5.80. The van der Waals surface area contributed by atoms with Gasteiger partial charge in [0.1, 0.15) is 17.9 Å². The van der Waals surface area contributed by atoms with E-state index in [9.17, 15) is 4.79 Å². The minimum Gasteiger partial charge on any atom is -0.299 e. The van der Waals surface area contributed by atoms with Crippen LogP contribution in [0.1, 0.15) is 77.6 Å². The predicted molar refractivity (Wildman–Crippen MR) is 77.1 cm³/mol. The third kappa shape index (κ3) is 5.99. The highest BCUT2D eigenvalue weighted by Crippen LogP contribution is 2.10. The van der Waals surface area contributed by atoms with Gasteiger partial charge in [-0.2, -0.15) is 5.10 Å². The average Bonchev–Trinajstić information content (AvgIpc) is 2.81. The Morgan fingerprint density at radius 1 is 1.21 bits per heavy atom. The second kappa shape index (κ2) is 8.83. The van der Waals surface area contributed by atoms with E-state index in [1.54, 1.807) is 0 Å². The predicted octanol–water partition coefficient (Wildman–Crippen LogP) is 3.72. The molecule has 108 valence electrons. The van der Waals surface area contributed by atoms with Gasteiger partial charge in [-0.25, -0.2) is 9.67 Å². The van der Waals surface area contributed by atoms with Crippen molar-refractivity contribution in [3.8, 4) is 0 Å². The smallest absolute Gasteiger partial charge is 0.140 e. The summed E-state index contributed by atoms with van der Waals surface area (Å²) >= 11 is 0. The van der Waals surface area contributed by atoms with Crippen molar-refractivity contribution in [1.82, 2.24) is 14.8 Å². The Morgan fingerprint density at radius 3 is 2.58 bits per heavy atom. The normalized spacial score (nSPS) is 11.2. The van der Waals surface area contributed by atoms with E-state index in [0.717, 1.165) is 12.2 Å². The van der Waals surface area contributed by atoms with Gasteiger partial charge in [0.25, 0.3) is 0 Å². The fourth-order valence-corrected chi connectivity index (χ4v) is 2.20. The van der Waals surface area contributed by atoms with Crippen LogP contribution in [0.2, 0.25) is 0 Å². The molecule has 1 aromatic rings. The Bertz CT molecular complexity index is 371. The van der Waals surface area contributed by atoms with Gasteiger partial charge in [-0.15, -0.1) is 0 Å². The van der Waals surface area contributed by atoms with E-state index >= 15 is 0 Å². The van der Waals surface area contributed by atoms with Crippen molar-refractivity contribution < 1.29 is 4.79 Å². The Balaban J connectivity index is 2.22. The van der Waals surface area contributed by atoms with E-state index in [-0.39, 0.29) is 11.8 Å². The maximum atomic E-state index is 11.9. The quantitative estimate of drug-likeness (QED) is 0.606. The van der Waals surface area contributed by atoms with E-state index in [1.165, 1.54) is 38.4 Å². The molecule has 0 aromatic carbocycles. The molecule has 0 saturated carbocycles. The molecule has 0 unspecified atom stereocenters. The second-order valence-corrected chi connectivity index (χ2v) is 5.45. The van der Waals surface area contributed by atoms with Crippen molar-refractivity contribution >= 4 is 5.78 Å². The molecule has 0 N–H and O–H groups in total. The molecule has 0 aliphatic heterocycles. The van der Waals surface area contributed by atoms with E-state index in [2.05, 4.69) is 30.9 Å². The molecular formula is C15H27N3O. The van der Waals surface area contributed by atoms with Crippen molar-refractivity contribution in [2.75, 3.05) is 0 Å². The first kappa shape index (κ1) is 15.9. The summed E-state index contributed by atoms with van der Waals surface area (Å²) in [5, 5.41) is 4.15. The van der Waals surface area contributed by atoms with Crippen LogP contribution in [0.3, 0.4) is 0 Å². The molecular weight excluding hydrogens is 238 g/mol. The van der Waals surface area contributed by atoms with Crippen molar-refractivity contribution in [3.63, 3.8) is 0 Å². The van der Waals surface area contributed by atoms with Crippen LogP contribution in [0, 0.1) is 0 Å². The van der Waals surface area contributed by atoms with Crippen LogP contribution in [-0.2, 0) is 11.2 Å². The Kier molecular flexibility index (Phi) is 7.38. The van der Waals surface area contributed by atoms with Crippen LogP contribution in [0.4, 0.5) is 0 Å². The molecule has 0 radical (unpaired) electrons. The number of Topliss-reactive ketones (excluding diaryl/α,β-unsaturated/α-hetero) is 1. The number of ketones is 1. The van der Waals surface area contributed by atoms with Gasteiger partial charge in [0.15, 0.2) is 0 Å². The zero-order valence-corrected chi connectivity index (χ0v) is 12.6. The van der Waals surface area contributed by atoms with E-state index in [4.69, 9.17) is 0 Å². The first-order valence-corrected chi connectivity index (χ1v) is 7.55. The standard InChI is InChI=1S/C15H27N3O/c1-4-5-6-7-8-9-10-14(19)11-15-16-12-17-18(15)13(2)3/h12-13H,4-11H2,1-3H3. The zero-order valence-electron chi connectivity index (χ0n) is 12.6. The molecule has 0 fully saturated rings. The summed E-state index contributed by atoms with van der Waals surface area (Å²) in [6, 6.07) is 0.263. The minimum atomic E-state index is 0.263. The van der Waals surface area contributed by atoms with Gasteiger partial charge < -0.3 is 0 Å². The first-order chi connectivity index (χ1) is 9.15. The molecule has 0 aliphatic carbocycles. The maximum Gasteiger partial charge on any atom is 0.140 e. The zero-order chi connectivity index (χ0) is 14.1. The number of nitrogens with zero attached hydrogens (tertiary/aromatic N) is 3. The number of unbranched alkanes of at least 4 members (excludes halogenated alkanes) is 5. The number of hydrogen-bond acceptors (Lipinski definition) is 3. The van der Waals surface area contributed by atoms with Gasteiger partial charge in [0, 0.05) is 12.5 Å². The Labute approximate surface area is 116 Å². The highest BCUT2D eigenvalue weighted by Gasteiger charge is 2.11. The SMILES string of the molecule is CCCCCCCCC(=O)Cc1ncnn1C(C)C. The maximum absolute atomic E-state index is 11.9. The highest BCUT2D eigenvalue weighted by atomic mass is 16.1. The first-order valence-electron chi connectivity index (χ1n) is 7.55. The number of hydrogen-bond donors (Lipinski definition) is 0. The van der Waals surface area contributed by atoms with Gasteiger partial charge in [0.05, 0.1) is 6.42 Å². The van der Waals surface area contributed by atoms with Crippen LogP contribution in [0.5, 0.6) is 0 Å². The average molecular weight is 265 g/mol. The van der Waals surface area contributed by atoms with Gasteiger partial charge in [-0.3, -0.25) is 4.79 Å². The Hall–Kier alpha value is -1.19. The van der Waals surface area contributed by atoms with Crippen LogP contribution in [0.25, 0.3) is 0 Å². The molecule has 19 heavy (non-hydrogen) atoms. The summed E-state index contributed by atoms with van der Waals surface area (Å²) in [5.74, 6) is 1.08. The van der Waals surface area contributed by atoms with Crippen molar-refractivity contribution in [2.45, 2.75) is 78.2 Å². The van der Waals surface area contributed by atoms with Crippen LogP contribution >= 0.6 is 0 Å². The van der Waals surface area contributed by atoms with Gasteiger partial charge in [-0.05, 0) is 20.3 Å². The van der Waals surface area contributed by atoms with Crippen LogP contribution < -0.4 is 0 Å². The fraction of sp³-hybridized carbons (Fsp3) is 0.800. The molecule has 1 rings (SSSR count). The molecule has 0 atom stereocenters. The number of rotatable bonds is 10. The lowest BCUT2D eigenvalue weighted by Gasteiger charge is -2.08.